The highest BCUT2D eigenvalue weighted by Crippen LogP contribution is 2.44. The van der Waals surface area contributed by atoms with Crippen LogP contribution in [0.4, 0.5) is 9.59 Å². The zero-order valence-corrected chi connectivity index (χ0v) is 35.8. The number of imidazole rings is 2. The van der Waals surface area contributed by atoms with Crippen molar-refractivity contribution in [3.05, 3.63) is 71.7 Å². The van der Waals surface area contributed by atoms with E-state index in [1.807, 2.05) is 63.1 Å². The molecule has 4 N–H and O–H groups in total. The summed E-state index contributed by atoms with van der Waals surface area (Å²) in [5.41, 5.74) is 3.28. The minimum atomic E-state index is -0.746. The van der Waals surface area contributed by atoms with Crippen molar-refractivity contribution in [1.82, 2.24) is 40.4 Å². The van der Waals surface area contributed by atoms with Crippen molar-refractivity contribution >= 4 is 46.5 Å². The lowest BCUT2D eigenvalue weighted by Gasteiger charge is -2.38. The van der Waals surface area contributed by atoms with E-state index in [-0.39, 0.29) is 47.0 Å². The lowest BCUT2D eigenvalue weighted by atomic mass is 9.96. The van der Waals surface area contributed by atoms with Gasteiger partial charge in [-0.1, -0.05) is 51.8 Å². The standard InChI is InChI=1S/C44H54N8O7S/c1-25(2)36(49-43(55)57-5)40(53)51-17-7-8-34(51)38-45-22-32(47-38)14-10-27-9-11-30-21-31(13-12-29(30)20-27)33-23-46-39(48-33)35-24-60-42(28-15-18-59-19-16-28)52(35)41(54)37(26(3)4)50-44(56)58-6/h9,11-13,20-23,25-26,28,34-37,42H,7-8,15-19,24H2,1-6H3,(H,45,47)(H,46,48)(H,49,55)(H,50,56)/t34-,35-,36-,37-,42?/m0/s1. The minimum absolute atomic E-state index is 0.0666. The molecule has 3 aliphatic heterocycles. The molecule has 2 aromatic carbocycles. The van der Waals surface area contributed by atoms with Crippen LogP contribution in [0.25, 0.3) is 22.0 Å². The van der Waals surface area contributed by atoms with Gasteiger partial charge in [-0.05, 0) is 78.3 Å². The molecule has 5 atom stereocenters. The minimum Gasteiger partial charge on any atom is -0.453 e. The number of likely N-dealkylation sites (tertiary alicyclic amines) is 1. The zero-order chi connectivity index (χ0) is 42.5. The Bertz CT molecular complexity index is 2260. The maximum atomic E-state index is 14.3. The van der Waals surface area contributed by atoms with E-state index < -0.39 is 24.3 Å². The number of carbonyl (C=O) groups is 4. The normalized spacial score (nSPS) is 20.5. The predicted octanol–water partition coefficient (Wildman–Crippen LogP) is 6.15. The van der Waals surface area contributed by atoms with Gasteiger partial charge in [0.1, 0.15) is 35.5 Å². The number of amides is 4. The molecule has 3 fully saturated rings. The number of aromatic nitrogens is 4. The van der Waals surface area contributed by atoms with Gasteiger partial charge in [0.25, 0.3) is 0 Å². The van der Waals surface area contributed by atoms with E-state index in [0.29, 0.717) is 42.9 Å². The van der Waals surface area contributed by atoms with Gasteiger partial charge in [0.2, 0.25) is 11.8 Å². The van der Waals surface area contributed by atoms with Gasteiger partial charge in [0.15, 0.2) is 0 Å². The highest BCUT2D eigenvalue weighted by molar-refractivity contribution is 8.00. The van der Waals surface area contributed by atoms with Gasteiger partial charge >= 0.3 is 12.2 Å². The summed E-state index contributed by atoms with van der Waals surface area (Å²) < 4.78 is 15.3. The van der Waals surface area contributed by atoms with Gasteiger partial charge in [-0.3, -0.25) is 9.59 Å². The van der Waals surface area contributed by atoms with Crippen LogP contribution < -0.4 is 10.6 Å². The van der Waals surface area contributed by atoms with E-state index in [2.05, 4.69) is 49.6 Å². The average molecular weight is 839 g/mol. The van der Waals surface area contributed by atoms with Crippen molar-refractivity contribution in [2.75, 3.05) is 39.7 Å². The Morgan fingerprint density at radius 3 is 2.17 bits per heavy atom. The average Bonchev–Trinajstić information content (AvgIpc) is 4.10. The quantitative estimate of drug-likeness (QED) is 0.135. The number of alkyl carbamates (subject to hydrolysis) is 2. The summed E-state index contributed by atoms with van der Waals surface area (Å²) in [4.78, 5) is 72.1. The monoisotopic (exact) mass is 838 g/mol. The van der Waals surface area contributed by atoms with Crippen LogP contribution >= 0.6 is 11.8 Å². The van der Waals surface area contributed by atoms with Crippen molar-refractivity contribution in [3.8, 4) is 23.1 Å². The molecule has 0 radical (unpaired) electrons. The number of thioether (sulfide) groups is 1. The van der Waals surface area contributed by atoms with E-state index in [0.717, 1.165) is 53.3 Å². The Kier molecular flexibility index (Phi) is 13.4. The van der Waals surface area contributed by atoms with Crippen LogP contribution in [0.5, 0.6) is 0 Å². The Labute approximate surface area is 354 Å². The smallest absolute Gasteiger partial charge is 0.407 e. The van der Waals surface area contributed by atoms with Gasteiger partial charge in [-0.2, -0.15) is 0 Å². The number of ether oxygens (including phenoxy) is 3. The first-order valence-electron chi connectivity index (χ1n) is 20.6. The Balaban J connectivity index is 1.06. The van der Waals surface area contributed by atoms with Gasteiger partial charge < -0.3 is 44.6 Å². The summed E-state index contributed by atoms with van der Waals surface area (Å²) in [5, 5.41) is 7.46. The molecule has 318 valence electrons. The van der Waals surface area contributed by atoms with E-state index in [1.54, 1.807) is 22.9 Å². The van der Waals surface area contributed by atoms with E-state index >= 15 is 0 Å². The third kappa shape index (κ3) is 9.27. The van der Waals surface area contributed by atoms with E-state index in [1.165, 1.54) is 14.2 Å². The molecular formula is C44H54N8O7S. The highest BCUT2D eigenvalue weighted by Gasteiger charge is 2.46. The van der Waals surface area contributed by atoms with Gasteiger partial charge in [0.05, 0.1) is 43.7 Å². The molecule has 15 nitrogen and oxygen atoms in total. The van der Waals surface area contributed by atoms with Crippen molar-refractivity contribution in [2.45, 2.75) is 82.9 Å². The first-order valence-corrected chi connectivity index (χ1v) is 21.7. The van der Waals surface area contributed by atoms with E-state index in [9.17, 15) is 19.2 Å². The molecule has 16 heteroatoms. The Morgan fingerprint density at radius 1 is 0.817 bits per heavy atom. The largest absolute Gasteiger partial charge is 0.453 e. The number of nitrogens with zero attached hydrogens (tertiary/aromatic N) is 4. The fourth-order valence-corrected chi connectivity index (χ4v) is 9.94. The maximum absolute atomic E-state index is 14.3. The zero-order valence-electron chi connectivity index (χ0n) is 34.9. The van der Waals surface area contributed by atoms with Gasteiger partial charge in [0, 0.05) is 36.6 Å². The van der Waals surface area contributed by atoms with Crippen LogP contribution in [0.15, 0.2) is 48.8 Å². The van der Waals surface area contributed by atoms with Crippen molar-refractivity contribution < 1.29 is 33.4 Å². The molecule has 0 saturated carbocycles. The number of methoxy groups -OCH3 is 2. The summed E-state index contributed by atoms with van der Waals surface area (Å²) in [6.07, 6.45) is 5.55. The van der Waals surface area contributed by atoms with Gasteiger partial charge in [-0.25, -0.2) is 19.6 Å². The number of benzene rings is 2. The number of fused-ring (bicyclic) bond motifs is 1. The van der Waals surface area contributed by atoms with Gasteiger partial charge in [-0.15, -0.1) is 11.8 Å². The fourth-order valence-electron chi connectivity index (χ4n) is 8.29. The molecule has 0 bridgehead atoms. The second-order valence-electron chi connectivity index (χ2n) is 16.2. The summed E-state index contributed by atoms with van der Waals surface area (Å²) in [6, 6.07) is 10.3. The number of nitrogens with one attached hydrogen (secondary N) is 4. The van der Waals surface area contributed by atoms with Crippen molar-refractivity contribution in [3.63, 3.8) is 0 Å². The predicted molar refractivity (Wildman–Crippen MR) is 227 cm³/mol. The first kappa shape index (κ1) is 42.6. The fraction of sp³-hybridized carbons (Fsp3) is 0.500. The molecule has 5 heterocycles. The summed E-state index contributed by atoms with van der Waals surface area (Å²) in [6.45, 7) is 9.53. The summed E-state index contributed by atoms with van der Waals surface area (Å²) in [7, 11) is 2.58. The Morgan fingerprint density at radius 2 is 1.47 bits per heavy atom. The summed E-state index contributed by atoms with van der Waals surface area (Å²) >= 11 is 1.76. The SMILES string of the molecule is COC(=O)N[C@H](C(=O)N1CCC[C@H]1c1ncc(C#Cc2ccc3cc(-c4cnc([C@@H]5CSC(C6CCOCC6)N5C(=O)[C@@H](NC(=O)OC)C(C)C)[nH]4)ccc3c2)[nH]1)C(C)C. The molecule has 1 unspecified atom stereocenters. The number of hydrogen-bond acceptors (Lipinski definition) is 10. The Hall–Kier alpha value is -5.53. The lowest BCUT2D eigenvalue weighted by Crippen LogP contribution is -2.54. The van der Waals surface area contributed by atoms with Crippen LogP contribution in [0.1, 0.15) is 88.4 Å². The van der Waals surface area contributed by atoms with Crippen molar-refractivity contribution in [2.24, 2.45) is 17.8 Å². The lowest BCUT2D eigenvalue weighted by molar-refractivity contribution is -0.138. The van der Waals surface area contributed by atoms with Crippen LogP contribution in [0.3, 0.4) is 0 Å². The highest BCUT2D eigenvalue weighted by atomic mass is 32.2. The molecule has 0 spiro atoms. The molecule has 0 aliphatic carbocycles. The number of carbonyl (C=O) groups excluding carboxylic acids is 4. The molecule has 7 rings (SSSR count). The molecule has 4 aromatic rings. The van der Waals surface area contributed by atoms with Crippen LogP contribution in [0, 0.1) is 29.6 Å². The number of aromatic amines is 2. The third-order valence-corrected chi connectivity index (χ3v) is 13.1. The number of hydrogen-bond donors (Lipinski definition) is 4. The molecule has 3 saturated heterocycles. The number of H-pyrrole nitrogens is 2. The molecule has 60 heavy (non-hydrogen) atoms. The van der Waals surface area contributed by atoms with Crippen LogP contribution in [-0.4, -0.2) is 111 Å². The second kappa shape index (κ2) is 18.8. The van der Waals surface area contributed by atoms with Crippen LogP contribution in [0.2, 0.25) is 0 Å². The topological polar surface area (TPSA) is 184 Å². The second-order valence-corrected chi connectivity index (χ2v) is 17.4. The first-order chi connectivity index (χ1) is 28.9. The molecule has 3 aliphatic rings. The molecule has 4 amide bonds. The van der Waals surface area contributed by atoms with Crippen molar-refractivity contribution in [1.29, 1.82) is 0 Å². The third-order valence-electron chi connectivity index (χ3n) is 11.6. The van der Waals surface area contributed by atoms with Crippen LogP contribution in [-0.2, 0) is 23.8 Å². The van der Waals surface area contributed by atoms with E-state index in [4.69, 9.17) is 19.2 Å². The maximum Gasteiger partial charge on any atom is 0.407 e. The summed E-state index contributed by atoms with van der Waals surface area (Å²) in [5.74, 6) is 8.19. The molecule has 2 aromatic heterocycles. The number of rotatable bonds is 10. The molecular weight excluding hydrogens is 785 g/mol.